The molecule has 4 unspecified atom stereocenters. The first-order valence-electron chi connectivity index (χ1n) is 6.93. The summed E-state index contributed by atoms with van der Waals surface area (Å²) in [4.78, 5) is 0. The van der Waals surface area contributed by atoms with Crippen LogP contribution in [0, 0.1) is 5.92 Å². The monoisotopic (exact) mass is 222 g/mol. The predicted octanol–water partition coefficient (Wildman–Crippen LogP) is 2.46. The zero-order valence-electron chi connectivity index (χ0n) is 10.5. The third kappa shape index (κ3) is 2.86. The van der Waals surface area contributed by atoms with E-state index in [0.29, 0.717) is 12.1 Å². The van der Waals surface area contributed by atoms with Crippen molar-refractivity contribution in [2.45, 2.75) is 63.6 Å². The van der Waals surface area contributed by atoms with Gasteiger partial charge in [0.2, 0.25) is 0 Å². The van der Waals surface area contributed by atoms with Crippen molar-refractivity contribution in [1.29, 1.82) is 0 Å². The summed E-state index contributed by atoms with van der Waals surface area (Å²) < 4.78 is 0. The summed E-state index contributed by atoms with van der Waals surface area (Å²) >= 11 is 0. The number of hydrogen-bond acceptors (Lipinski definition) is 2. The van der Waals surface area contributed by atoms with Crippen molar-refractivity contribution in [2.24, 2.45) is 5.92 Å². The molecule has 2 nitrogen and oxygen atoms in total. The number of hydrogen-bond donors (Lipinski definition) is 2. The Morgan fingerprint density at radius 3 is 2.75 bits per heavy atom. The summed E-state index contributed by atoms with van der Waals surface area (Å²) in [6.45, 7) is 7.31. The van der Waals surface area contributed by atoms with Crippen LogP contribution in [-0.2, 0) is 0 Å². The molecule has 1 saturated heterocycles. The second-order valence-electron chi connectivity index (χ2n) is 5.45. The van der Waals surface area contributed by atoms with E-state index in [1.807, 2.05) is 6.08 Å². The number of nitrogens with one attached hydrogen (secondary N) is 2. The van der Waals surface area contributed by atoms with Crippen LogP contribution in [0.3, 0.4) is 0 Å². The van der Waals surface area contributed by atoms with E-state index in [1.165, 1.54) is 45.1 Å². The van der Waals surface area contributed by atoms with Crippen LogP contribution in [0.4, 0.5) is 0 Å². The molecular formula is C14H26N2. The van der Waals surface area contributed by atoms with Crippen molar-refractivity contribution < 1.29 is 0 Å². The zero-order chi connectivity index (χ0) is 11.4. The molecule has 2 rings (SSSR count). The minimum atomic E-state index is 0.451. The maximum absolute atomic E-state index is 3.87. The van der Waals surface area contributed by atoms with Crippen molar-refractivity contribution >= 4 is 0 Å². The molecule has 1 heterocycles. The Balaban J connectivity index is 1.93. The van der Waals surface area contributed by atoms with Gasteiger partial charge in [-0.25, -0.2) is 0 Å². The first-order valence-corrected chi connectivity index (χ1v) is 6.93. The third-order valence-electron chi connectivity index (χ3n) is 4.27. The molecule has 2 N–H and O–H groups in total. The summed E-state index contributed by atoms with van der Waals surface area (Å²) in [5, 5.41) is 7.42. The molecule has 2 aliphatic rings. The number of rotatable bonds is 4. The molecule has 1 aliphatic carbocycles. The molecule has 1 aliphatic heterocycles. The van der Waals surface area contributed by atoms with E-state index in [4.69, 9.17) is 0 Å². The summed E-state index contributed by atoms with van der Waals surface area (Å²) in [5.74, 6) is 0.846. The quantitative estimate of drug-likeness (QED) is 0.714. The van der Waals surface area contributed by atoms with Gasteiger partial charge in [-0.3, -0.25) is 0 Å². The lowest BCUT2D eigenvalue weighted by Gasteiger charge is -2.37. The van der Waals surface area contributed by atoms with E-state index >= 15 is 0 Å². The van der Waals surface area contributed by atoms with Gasteiger partial charge in [0.1, 0.15) is 0 Å². The molecule has 0 aromatic rings. The van der Waals surface area contributed by atoms with Crippen LogP contribution < -0.4 is 10.6 Å². The lowest BCUT2D eigenvalue weighted by molar-refractivity contribution is 0.209. The fourth-order valence-electron chi connectivity index (χ4n) is 3.33. The van der Waals surface area contributed by atoms with Gasteiger partial charge in [0.15, 0.2) is 0 Å². The highest BCUT2D eigenvalue weighted by Gasteiger charge is 2.33. The second-order valence-corrected chi connectivity index (χ2v) is 5.45. The Morgan fingerprint density at radius 2 is 2.06 bits per heavy atom. The van der Waals surface area contributed by atoms with Crippen LogP contribution in [0.25, 0.3) is 0 Å². The van der Waals surface area contributed by atoms with E-state index in [2.05, 4.69) is 24.1 Å². The van der Waals surface area contributed by atoms with Gasteiger partial charge in [0, 0.05) is 18.1 Å². The van der Waals surface area contributed by atoms with Gasteiger partial charge in [-0.1, -0.05) is 18.9 Å². The SMILES string of the molecule is C=CC(C)NC1CCCCC1C1CCCN1. The molecule has 0 radical (unpaired) electrons. The van der Waals surface area contributed by atoms with Crippen molar-refractivity contribution in [1.82, 2.24) is 10.6 Å². The van der Waals surface area contributed by atoms with Gasteiger partial charge in [-0.05, 0) is 45.1 Å². The fraction of sp³-hybridized carbons (Fsp3) is 0.857. The topological polar surface area (TPSA) is 24.1 Å². The molecule has 2 fully saturated rings. The van der Waals surface area contributed by atoms with Crippen LogP contribution >= 0.6 is 0 Å². The van der Waals surface area contributed by atoms with Gasteiger partial charge in [-0.15, -0.1) is 6.58 Å². The summed E-state index contributed by atoms with van der Waals surface area (Å²) in [6.07, 6.45) is 10.3. The highest BCUT2D eigenvalue weighted by molar-refractivity contribution is 4.94. The Hall–Kier alpha value is -0.340. The molecule has 2 heteroatoms. The molecule has 92 valence electrons. The highest BCUT2D eigenvalue weighted by Crippen LogP contribution is 2.30. The van der Waals surface area contributed by atoms with Crippen molar-refractivity contribution in [3.63, 3.8) is 0 Å². The lowest BCUT2D eigenvalue weighted by Crippen LogP contribution is -2.49. The van der Waals surface area contributed by atoms with E-state index in [0.717, 1.165) is 12.0 Å². The minimum Gasteiger partial charge on any atom is -0.314 e. The molecule has 0 aromatic carbocycles. The van der Waals surface area contributed by atoms with E-state index in [9.17, 15) is 0 Å². The maximum atomic E-state index is 3.87. The van der Waals surface area contributed by atoms with Crippen molar-refractivity contribution in [3.8, 4) is 0 Å². The largest absolute Gasteiger partial charge is 0.314 e. The van der Waals surface area contributed by atoms with E-state index in [-0.39, 0.29) is 0 Å². The highest BCUT2D eigenvalue weighted by atomic mass is 15.0. The third-order valence-corrected chi connectivity index (χ3v) is 4.27. The predicted molar refractivity (Wildman–Crippen MR) is 69.6 cm³/mol. The first-order chi connectivity index (χ1) is 7.81. The van der Waals surface area contributed by atoms with Crippen molar-refractivity contribution in [2.75, 3.05) is 6.54 Å². The van der Waals surface area contributed by atoms with Gasteiger partial charge in [0.05, 0.1) is 0 Å². The van der Waals surface area contributed by atoms with E-state index < -0.39 is 0 Å². The van der Waals surface area contributed by atoms with Gasteiger partial charge < -0.3 is 10.6 Å². The molecule has 0 amide bonds. The Bertz CT molecular complexity index is 221. The smallest absolute Gasteiger partial charge is 0.0221 e. The fourth-order valence-corrected chi connectivity index (χ4v) is 3.33. The average molecular weight is 222 g/mol. The normalized spacial score (nSPS) is 37.2. The van der Waals surface area contributed by atoms with Crippen LogP contribution in [0.15, 0.2) is 12.7 Å². The second kappa shape index (κ2) is 5.83. The zero-order valence-corrected chi connectivity index (χ0v) is 10.5. The Kier molecular flexibility index (Phi) is 4.42. The summed E-state index contributed by atoms with van der Waals surface area (Å²) in [6, 6.07) is 1.93. The van der Waals surface area contributed by atoms with Gasteiger partial charge in [0.25, 0.3) is 0 Å². The molecule has 0 aromatic heterocycles. The lowest BCUT2D eigenvalue weighted by atomic mass is 9.79. The Morgan fingerprint density at radius 1 is 1.25 bits per heavy atom. The first kappa shape index (κ1) is 12.1. The van der Waals surface area contributed by atoms with Crippen LogP contribution in [0.5, 0.6) is 0 Å². The molecule has 0 bridgehead atoms. The van der Waals surface area contributed by atoms with Crippen LogP contribution in [0.1, 0.15) is 45.4 Å². The Labute approximate surface area is 99.9 Å². The maximum Gasteiger partial charge on any atom is 0.0221 e. The summed E-state index contributed by atoms with van der Waals surface area (Å²) in [5.41, 5.74) is 0. The molecular weight excluding hydrogens is 196 g/mol. The molecule has 4 atom stereocenters. The van der Waals surface area contributed by atoms with Crippen molar-refractivity contribution in [3.05, 3.63) is 12.7 Å². The average Bonchev–Trinajstić information content (AvgIpc) is 2.83. The minimum absolute atomic E-state index is 0.451. The van der Waals surface area contributed by atoms with E-state index in [1.54, 1.807) is 0 Å². The van der Waals surface area contributed by atoms with Crippen LogP contribution in [-0.4, -0.2) is 24.7 Å². The van der Waals surface area contributed by atoms with Crippen LogP contribution in [0.2, 0.25) is 0 Å². The van der Waals surface area contributed by atoms with Gasteiger partial charge >= 0.3 is 0 Å². The van der Waals surface area contributed by atoms with Gasteiger partial charge in [-0.2, -0.15) is 0 Å². The standard InChI is InChI=1S/C14H26N2/c1-3-11(2)16-14-8-5-4-7-12(14)13-9-6-10-15-13/h3,11-16H,1,4-10H2,2H3. The summed E-state index contributed by atoms with van der Waals surface area (Å²) in [7, 11) is 0. The molecule has 1 saturated carbocycles. The molecule has 16 heavy (non-hydrogen) atoms. The molecule has 0 spiro atoms.